The van der Waals surface area contributed by atoms with Crippen LogP contribution in [-0.4, -0.2) is 16.8 Å². The molecule has 0 saturated heterocycles. The fourth-order valence-corrected chi connectivity index (χ4v) is 1.66. The van der Waals surface area contributed by atoms with Crippen LogP contribution in [0, 0.1) is 13.8 Å². The molecule has 0 spiro atoms. The zero-order valence-electron chi connectivity index (χ0n) is 11.0. The molecule has 102 valence electrons. The van der Waals surface area contributed by atoms with Gasteiger partial charge < -0.3 is 10.6 Å². The van der Waals surface area contributed by atoms with Gasteiger partial charge in [-0.05, 0) is 55.5 Å². The van der Waals surface area contributed by atoms with Crippen LogP contribution in [0.2, 0.25) is 0 Å². The van der Waals surface area contributed by atoms with Gasteiger partial charge in [0.15, 0.2) is 10.2 Å². The highest BCUT2D eigenvalue weighted by molar-refractivity contribution is 7.80. The molecule has 0 aliphatic heterocycles. The Kier molecular flexibility index (Phi) is 6.24. The number of thiocarbonyl (C=S) groups is 2. The maximum absolute atomic E-state index is 5.18. The summed E-state index contributed by atoms with van der Waals surface area (Å²) in [7, 11) is 0. The van der Waals surface area contributed by atoms with Crippen molar-refractivity contribution in [1.82, 2.24) is 16.2 Å². The van der Waals surface area contributed by atoms with Gasteiger partial charge in [0.25, 0.3) is 0 Å². The second kappa shape index (κ2) is 7.70. The monoisotopic (exact) mass is 294 g/mol. The lowest BCUT2D eigenvalue weighted by Crippen LogP contribution is -2.48. The average Bonchev–Trinajstić information content (AvgIpc) is 2.39. The molecule has 0 amide bonds. The second-order valence-corrected chi connectivity index (χ2v) is 4.77. The molecular weight excluding hydrogens is 276 g/mol. The summed E-state index contributed by atoms with van der Waals surface area (Å²) in [4.78, 5) is 0. The molecule has 6 heteroatoms. The quantitative estimate of drug-likeness (QED) is 0.389. The lowest BCUT2D eigenvalue weighted by Gasteiger charge is -2.15. The minimum Gasteiger partial charge on any atom is -0.358 e. The Bertz CT molecular complexity index is 486. The van der Waals surface area contributed by atoms with E-state index in [4.69, 9.17) is 24.4 Å². The van der Waals surface area contributed by atoms with Crippen LogP contribution >= 0.6 is 24.4 Å². The summed E-state index contributed by atoms with van der Waals surface area (Å²) >= 11 is 10.2. The summed E-state index contributed by atoms with van der Waals surface area (Å²) in [6.07, 6.45) is 1.72. The van der Waals surface area contributed by atoms with Gasteiger partial charge in [0.05, 0.1) is 0 Å². The van der Waals surface area contributed by atoms with E-state index in [-0.39, 0.29) is 0 Å². The van der Waals surface area contributed by atoms with Gasteiger partial charge >= 0.3 is 0 Å². The van der Waals surface area contributed by atoms with Crippen LogP contribution < -0.4 is 21.5 Å². The first-order valence-electron chi connectivity index (χ1n) is 5.82. The molecule has 19 heavy (non-hydrogen) atoms. The first kappa shape index (κ1) is 15.4. The van der Waals surface area contributed by atoms with Gasteiger partial charge in [-0.15, -0.1) is 6.58 Å². The first-order chi connectivity index (χ1) is 9.04. The minimum absolute atomic E-state index is 0.455. The van der Waals surface area contributed by atoms with Crippen molar-refractivity contribution < 1.29 is 0 Å². The van der Waals surface area contributed by atoms with Crippen molar-refractivity contribution in [3.05, 3.63) is 42.0 Å². The van der Waals surface area contributed by atoms with E-state index in [0.29, 0.717) is 16.8 Å². The van der Waals surface area contributed by atoms with Crippen LogP contribution in [0.5, 0.6) is 0 Å². The van der Waals surface area contributed by atoms with Gasteiger partial charge in [-0.2, -0.15) is 0 Å². The van der Waals surface area contributed by atoms with E-state index >= 15 is 0 Å². The smallest absolute Gasteiger partial charge is 0.189 e. The van der Waals surface area contributed by atoms with Gasteiger partial charge in [0, 0.05) is 12.2 Å². The number of nitrogens with one attached hydrogen (secondary N) is 4. The molecule has 1 aromatic carbocycles. The highest BCUT2D eigenvalue weighted by Crippen LogP contribution is 2.17. The fraction of sp³-hybridized carbons (Fsp3) is 0.231. The van der Waals surface area contributed by atoms with Crippen LogP contribution in [0.4, 0.5) is 5.69 Å². The van der Waals surface area contributed by atoms with Crippen LogP contribution in [-0.2, 0) is 0 Å². The molecule has 0 fully saturated rings. The Hall–Kier alpha value is -1.66. The summed E-state index contributed by atoms with van der Waals surface area (Å²) in [5, 5.41) is 6.96. The largest absolute Gasteiger partial charge is 0.358 e. The fourth-order valence-electron chi connectivity index (χ4n) is 1.36. The zero-order valence-corrected chi connectivity index (χ0v) is 12.7. The number of anilines is 1. The van der Waals surface area contributed by atoms with E-state index in [1.165, 1.54) is 11.1 Å². The van der Waals surface area contributed by atoms with Gasteiger partial charge in [-0.25, -0.2) is 0 Å². The third-order valence-electron chi connectivity index (χ3n) is 2.55. The molecule has 0 saturated carbocycles. The molecule has 1 rings (SSSR count). The van der Waals surface area contributed by atoms with Crippen molar-refractivity contribution in [3.8, 4) is 0 Å². The normalized spacial score (nSPS) is 9.37. The van der Waals surface area contributed by atoms with E-state index < -0.39 is 0 Å². The van der Waals surface area contributed by atoms with E-state index in [9.17, 15) is 0 Å². The maximum atomic E-state index is 5.18. The third-order valence-corrected chi connectivity index (χ3v) is 3.00. The summed E-state index contributed by atoms with van der Waals surface area (Å²) < 4.78 is 0. The van der Waals surface area contributed by atoms with Crippen molar-refractivity contribution >= 4 is 40.3 Å². The van der Waals surface area contributed by atoms with Gasteiger partial charge in [0.1, 0.15) is 0 Å². The summed E-state index contributed by atoms with van der Waals surface area (Å²) in [5.41, 5.74) is 8.96. The van der Waals surface area contributed by atoms with E-state index in [1.54, 1.807) is 6.08 Å². The van der Waals surface area contributed by atoms with Crippen LogP contribution in [0.25, 0.3) is 0 Å². The summed E-state index contributed by atoms with van der Waals surface area (Å²) in [5.74, 6) is 0. The standard InChI is InChI=1S/C13H18N4S2/c1-4-8-14-12(18)16-17-13(19)15-11-7-5-6-9(2)10(11)3/h4-7H,1,8H2,2-3H3,(H2,14,16,18)(H2,15,17,19). The number of benzene rings is 1. The van der Waals surface area contributed by atoms with Crippen LogP contribution in [0.15, 0.2) is 30.9 Å². The third kappa shape index (κ3) is 5.23. The highest BCUT2D eigenvalue weighted by atomic mass is 32.1. The average molecular weight is 294 g/mol. The second-order valence-electron chi connectivity index (χ2n) is 3.95. The zero-order chi connectivity index (χ0) is 14.3. The molecule has 4 nitrogen and oxygen atoms in total. The van der Waals surface area contributed by atoms with Crippen molar-refractivity contribution in [3.63, 3.8) is 0 Å². The summed E-state index contributed by atoms with van der Waals surface area (Å²) in [6.45, 7) is 8.30. The molecule has 0 heterocycles. The number of hydrazine groups is 1. The van der Waals surface area contributed by atoms with Crippen molar-refractivity contribution in [2.75, 3.05) is 11.9 Å². The Morgan fingerprint density at radius 2 is 1.89 bits per heavy atom. The van der Waals surface area contributed by atoms with E-state index in [2.05, 4.69) is 41.1 Å². The first-order valence-corrected chi connectivity index (χ1v) is 6.64. The highest BCUT2D eigenvalue weighted by Gasteiger charge is 2.02. The number of aryl methyl sites for hydroxylation is 1. The number of rotatable bonds is 3. The summed E-state index contributed by atoms with van der Waals surface area (Å²) in [6, 6.07) is 6.02. The van der Waals surface area contributed by atoms with Crippen molar-refractivity contribution in [2.45, 2.75) is 13.8 Å². The van der Waals surface area contributed by atoms with Crippen molar-refractivity contribution in [1.29, 1.82) is 0 Å². The van der Waals surface area contributed by atoms with Crippen LogP contribution in [0.3, 0.4) is 0 Å². The lowest BCUT2D eigenvalue weighted by molar-refractivity contribution is 0.839. The number of hydrogen-bond acceptors (Lipinski definition) is 2. The van der Waals surface area contributed by atoms with E-state index in [1.807, 2.05) is 19.1 Å². The Morgan fingerprint density at radius 3 is 2.58 bits per heavy atom. The number of hydrogen-bond donors (Lipinski definition) is 4. The van der Waals surface area contributed by atoms with Gasteiger partial charge in [0.2, 0.25) is 0 Å². The molecule has 4 N–H and O–H groups in total. The molecule has 0 aromatic heterocycles. The Morgan fingerprint density at radius 1 is 1.21 bits per heavy atom. The topological polar surface area (TPSA) is 48.1 Å². The minimum atomic E-state index is 0.455. The Balaban J connectivity index is 2.45. The molecule has 1 aromatic rings. The predicted octanol–water partition coefficient (Wildman–Crippen LogP) is 2.15. The van der Waals surface area contributed by atoms with Gasteiger partial charge in [-0.3, -0.25) is 10.9 Å². The van der Waals surface area contributed by atoms with Crippen LogP contribution in [0.1, 0.15) is 11.1 Å². The molecule has 0 atom stereocenters. The lowest BCUT2D eigenvalue weighted by atomic mass is 10.1. The van der Waals surface area contributed by atoms with E-state index in [0.717, 1.165) is 5.69 Å². The van der Waals surface area contributed by atoms with Crippen molar-refractivity contribution in [2.24, 2.45) is 0 Å². The maximum Gasteiger partial charge on any atom is 0.189 e. The molecule has 0 radical (unpaired) electrons. The van der Waals surface area contributed by atoms with Gasteiger partial charge in [-0.1, -0.05) is 18.2 Å². The predicted molar refractivity (Wildman–Crippen MR) is 89.2 cm³/mol. The Labute approximate surface area is 124 Å². The molecule has 0 aliphatic carbocycles. The molecular formula is C13H18N4S2. The molecule has 0 unspecified atom stereocenters. The SMILES string of the molecule is C=CCNC(=S)NNC(=S)Nc1cccc(C)c1C. The molecule has 0 bridgehead atoms. The molecule has 0 aliphatic rings.